The van der Waals surface area contributed by atoms with Gasteiger partial charge in [0.05, 0.1) is 5.69 Å². The summed E-state index contributed by atoms with van der Waals surface area (Å²) in [5.74, 6) is 0.779. The third-order valence-electron chi connectivity index (χ3n) is 4.05. The fraction of sp³-hybridized carbons (Fsp3) is 0.333. The van der Waals surface area contributed by atoms with Gasteiger partial charge in [-0.05, 0) is 6.92 Å². The Hall–Kier alpha value is -2.90. The lowest BCUT2D eigenvalue weighted by atomic mass is 10.3. The number of carbonyl (C=O) groups is 1. The van der Waals surface area contributed by atoms with Gasteiger partial charge in [-0.15, -0.1) is 0 Å². The number of aromatic nitrogens is 5. The molecule has 1 fully saturated rings. The van der Waals surface area contributed by atoms with Gasteiger partial charge in [0.1, 0.15) is 0 Å². The van der Waals surface area contributed by atoms with Crippen molar-refractivity contribution in [3.05, 3.63) is 42.4 Å². The van der Waals surface area contributed by atoms with Crippen molar-refractivity contribution in [3.63, 3.8) is 0 Å². The number of rotatable bonds is 2. The lowest BCUT2D eigenvalue weighted by Gasteiger charge is -2.34. The minimum Gasteiger partial charge on any atom is -0.339 e. The van der Waals surface area contributed by atoms with Crippen LogP contribution in [0, 0.1) is 6.92 Å². The van der Waals surface area contributed by atoms with Crippen molar-refractivity contribution in [2.45, 2.75) is 6.92 Å². The molecule has 3 aromatic heterocycles. The topological polar surface area (TPSA) is 82.4 Å². The molecule has 0 atom stereocenters. The number of imidazole rings is 2. The van der Waals surface area contributed by atoms with E-state index in [1.54, 1.807) is 24.8 Å². The van der Waals surface area contributed by atoms with Crippen molar-refractivity contribution in [1.29, 1.82) is 0 Å². The third kappa shape index (κ3) is 2.41. The van der Waals surface area contributed by atoms with Crippen LogP contribution < -0.4 is 4.90 Å². The molecule has 118 valence electrons. The van der Waals surface area contributed by atoms with Crippen molar-refractivity contribution in [1.82, 2.24) is 29.2 Å². The third-order valence-corrected chi connectivity index (χ3v) is 4.05. The van der Waals surface area contributed by atoms with Crippen molar-refractivity contribution < 1.29 is 4.79 Å². The molecule has 0 spiro atoms. The fourth-order valence-electron chi connectivity index (χ4n) is 2.89. The van der Waals surface area contributed by atoms with Crippen LogP contribution in [0.4, 0.5) is 5.95 Å². The molecule has 4 heterocycles. The molecule has 0 unspecified atom stereocenters. The van der Waals surface area contributed by atoms with Gasteiger partial charge in [-0.3, -0.25) is 4.79 Å². The molecule has 23 heavy (non-hydrogen) atoms. The van der Waals surface area contributed by atoms with E-state index in [1.165, 1.54) is 0 Å². The number of fused-ring (bicyclic) bond motifs is 1. The lowest BCUT2D eigenvalue weighted by molar-refractivity contribution is 0.0742. The summed E-state index contributed by atoms with van der Waals surface area (Å²) in [4.78, 5) is 32.8. The number of hydrogen-bond acceptors (Lipinski definition) is 5. The lowest BCUT2D eigenvalue weighted by Crippen LogP contribution is -2.49. The number of piperazine rings is 1. The van der Waals surface area contributed by atoms with Gasteiger partial charge in [-0.25, -0.2) is 15.0 Å². The number of amides is 1. The summed E-state index contributed by atoms with van der Waals surface area (Å²) in [6.45, 7) is 4.68. The standard InChI is InChI=1S/C15H17N7O/c1-11-10-22-5-4-16-12(13(22)19-11)14(23)20-6-8-21(9-7-20)15-17-2-3-18-15/h2-5,10H,6-9H2,1H3,(H,17,18). The normalized spacial score (nSPS) is 15.3. The van der Waals surface area contributed by atoms with E-state index in [2.05, 4.69) is 24.8 Å². The quantitative estimate of drug-likeness (QED) is 0.754. The van der Waals surface area contributed by atoms with Crippen molar-refractivity contribution in [3.8, 4) is 0 Å². The van der Waals surface area contributed by atoms with E-state index in [0.29, 0.717) is 24.4 Å². The van der Waals surface area contributed by atoms with Crippen LogP contribution >= 0.6 is 0 Å². The van der Waals surface area contributed by atoms with E-state index in [4.69, 9.17) is 0 Å². The highest BCUT2D eigenvalue weighted by atomic mass is 16.2. The van der Waals surface area contributed by atoms with E-state index < -0.39 is 0 Å². The van der Waals surface area contributed by atoms with E-state index >= 15 is 0 Å². The summed E-state index contributed by atoms with van der Waals surface area (Å²) < 4.78 is 1.84. The Kier molecular flexibility index (Phi) is 3.22. The number of anilines is 1. The summed E-state index contributed by atoms with van der Waals surface area (Å²) >= 11 is 0. The smallest absolute Gasteiger partial charge is 0.276 e. The first-order chi connectivity index (χ1) is 11.2. The SMILES string of the molecule is Cc1cn2ccnc(C(=O)N3CCN(c4ncc[nH]4)CC3)c2n1. The first-order valence-corrected chi connectivity index (χ1v) is 7.56. The Morgan fingerprint density at radius 2 is 2.00 bits per heavy atom. The molecule has 0 saturated carbocycles. The van der Waals surface area contributed by atoms with Gasteiger partial charge < -0.3 is 19.2 Å². The van der Waals surface area contributed by atoms with Gasteiger partial charge in [0.15, 0.2) is 11.3 Å². The number of nitrogens with one attached hydrogen (secondary N) is 1. The molecule has 1 N–H and O–H groups in total. The molecule has 4 rings (SSSR count). The number of H-pyrrole nitrogens is 1. The molecule has 8 nitrogen and oxygen atoms in total. The predicted octanol–water partition coefficient (Wildman–Crippen LogP) is 0.723. The van der Waals surface area contributed by atoms with Gasteiger partial charge in [0.2, 0.25) is 5.95 Å². The Bertz CT molecular complexity index is 831. The van der Waals surface area contributed by atoms with Crippen LogP contribution in [0.1, 0.15) is 16.2 Å². The second-order valence-electron chi connectivity index (χ2n) is 5.58. The number of aryl methyl sites for hydroxylation is 1. The summed E-state index contributed by atoms with van der Waals surface area (Å²) in [6, 6.07) is 0. The molecule has 1 aliphatic rings. The molecule has 1 amide bonds. The molecule has 0 radical (unpaired) electrons. The maximum Gasteiger partial charge on any atom is 0.276 e. The van der Waals surface area contributed by atoms with E-state index in [0.717, 1.165) is 24.7 Å². The van der Waals surface area contributed by atoms with Gasteiger partial charge >= 0.3 is 0 Å². The average molecular weight is 311 g/mol. The molecule has 0 aliphatic carbocycles. The van der Waals surface area contributed by atoms with Crippen molar-refractivity contribution in [2.75, 3.05) is 31.1 Å². The number of nitrogens with zero attached hydrogens (tertiary/aromatic N) is 6. The molecule has 3 aromatic rings. The fourth-order valence-corrected chi connectivity index (χ4v) is 2.89. The zero-order valence-electron chi connectivity index (χ0n) is 12.8. The minimum absolute atomic E-state index is 0.0692. The predicted molar refractivity (Wildman–Crippen MR) is 84.4 cm³/mol. The van der Waals surface area contributed by atoms with Crippen LogP contribution in [-0.4, -0.2) is 61.3 Å². The maximum absolute atomic E-state index is 12.8. The van der Waals surface area contributed by atoms with Gasteiger partial charge in [-0.2, -0.15) is 0 Å². The van der Waals surface area contributed by atoms with Crippen molar-refractivity contribution in [2.24, 2.45) is 0 Å². The number of hydrogen-bond donors (Lipinski definition) is 1. The first-order valence-electron chi connectivity index (χ1n) is 7.56. The van der Waals surface area contributed by atoms with Crippen LogP contribution in [0.3, 0.4) is 0 Å². The molecule has 0 aromatic carbocycles. The molecule has 0 bridgehead atoms. The molecule has 1 aliphatic heterocycles. The first kappa shape index (κ1) is 13.7. The second kappa shape index (κ2) is 5.38. The van der Waals surface area contributed by atoms with Crippen LogP contribution in [0.15, 0.2) is 31.0 Å². The highest BCUT2D eigenvalue weighted by Crippen LogP contribution is 2.15. The van der Waals surface area contributed by atoms with Gasteiger partial charge in [0, 0.05) is 57.2 Å². The van der Waals surface area contributed by atoms with Crippen LogP contribution in [0.25, 0.3) is 5.65 Å². The van der Waals surface area contributed by atoms with Gasteiger partial charge in [0.25, 0.3) is 5.91 Å². The Morgan fingerprint density at radius 3 is 2.74 bits per heavy atom. The van der Waals surface area contributed by atoms with Crippen LogP contribution in [0.2, 0.25) is 0 Å². The summed E-state index contributed by atoms with van der Waals surface area (Å²) in [5.41, 5.74) is 1.89. The van der Waals surface area contributed by atoms with Crippen LogP contribution in [-0.2, 0) is 0 Å². The number of carbonyl (C=O) groups excluding carboxylic acids is 1. The molecular weight excluding hydrogens is 294 g/mol. The van der Waals surface area contributed by atoms with Gasteiger partial charge in [-0.1, -0.05) is 0 Å². The zero-order chi connectivity index (χ0) is 15.8. The van der Waals surface area contributed by atoms with Crippen molar-refractivity contribution >= 4 is 17.5 Å². The zero-order valence-corrected chi connectivity index (χ0v) is 12.8. The van der Waals surface area contributed by atoms with Crippen LogP contribution in [0.5, 0.6) is 0 Å². The minimum atomic E-state index is -0.0692. The Morgan fingerprint density at radius 1 is 1.17 bits per heavy atom. The molecule has 1 saturated heterocycles. The number of aromatic amines is 1. The average Bonchev–Trinajstić information content (AvgIpc) is 3.22. The van der Waals surface area contributed by atoms with E-state index in [9.17, 15) is 4.79 Å². The highest BCUT2D eigenvalue weighted by Gasteiger charge is 2.25. The maximum atomic E-state index is 12.8. The summed E-state index contributed by atoms with van der Waals surface area (Å²) in [7, 11) is 0. The molecule has 8 heteroatoms. The van der Waals surface area contributed by atoms with E-state index in [1.807, 2.05) is 22.4 Å². The monoisotopic (exact) mass is 311 g/mol. The Balaban J connectivity index is 1.53. The largest absolute Gasteiger partial charge is 0.339 e. The summed E-state index contributed by atoms with van der Waals surface area (Å²) in [6.07, 6.45) is 8.88. The highest BCUT2D eigenvalue weighted by molar-refractivity contribution is 5.97. The molecular formula is C15H17N7O. The second-order valence-corrected chi connectivity index (χ2v) is 5.58. The van der Waals surface area contributed by atoms with E-state index in [-0.39, 0.29) is 5.91 Å². The summed E-state index contributed by atoms with van der Waals surface area (Å²) in [5, 5.41) is 0. The Labute approximate surface area is 132 Å².